The van der Waals surface area contributed by atoms with Crippen molar-refractivity contribution in [2.75, 3.05) is 0 Å². The van der Waals surface area contributed by atoms with E-state index in [1.165, 1.54) is 10.9 Å². The van der Waals surface area contributed by atoms with E-state index in [2.05, 4.69) is 23.2 Å². The van der Waals surface area contributed by atoms with E-state index in [1.54, 1.807) is 0 Å². The number of aromatic amines is 1. The van der Waals surface area contributed by atoms with Crippen molar-refractivity contribution in [2.24, 2.45) is 0 Å². The minimum absolute atomic E-state index is 0.239. The lowest BCUT2D eigenvalue weighted by Crippen LogP contribution is -1.95. The molecule has 2 aromatic rings. The van der Waals surface area contributed by atoms with Crippen LogP contribution in [0.5, 0.6) is 0 Å². The van der Waals surface area contributed by atoms with Crippen LogP contribution in [0.1, 0.15) is 18.4 Å². The molecule has 0 saturated carbocycles. The Hall–Kier alpha value is -1.77. The number of benzene rings is 1. The highest BCUT2D eigenvalue weighted by atomic mass is 16.4. The number of hydrogen-bond donors (Lipinski definition) is 2. The van der Waals surface area contributed by atoms with E-state index in [0.29, 0.717) is 6.42 Å². The van der Waals surface area contributed by atoms with Gasteiger partial charge >= 0.3 is 5.97 Å². The van der Waals surface area contributed by atoms with E-state index >= 15 is 0 Å². The Kier molecular flexibility index (Phi) is 2.72. The Morgan fingerprint density at radius 2 is 2.20 bits per heavy atom. The van der Waals surface area contributed by atoms with Gasteiger partial charge in [0.2, 0.25) is 0 Å². The third kappa shape index (κ3) is 2.37. The lowest BCUT2D eigenvalue weighted by atomic mass is 10.1. The Bertz CT molecular complexity index is 473. The summed E-state index contributed by atoms with van der Waals surface area (Å²) < 4.78 is 0. The molecule has 1 aromatic carbocycles. The summed E-state index contributed by atoms with van der Waals surface area (Å²) in [4.78, 5) is 13.5. The van der Waals surface area contributed by atoms with Crippen molar-refractivity contribution in [3.8, 4) is 0 Å². The molecule has 0 aliphatic rings. The number of rotatable bonds is 4. The standard InChI is InChI=1S/C12H13NO2/c14-12(15)3-1-2-9-4-5-10-6-7-13-11(10)8-9/h4-8,13H,1-3H2,(H,14,15). The van der Waals surface area contributed by atoms with Crippen LogP contribution < -0.4 is 0 Å². The van der Waals surface area contributed by atoms with Gasteiger partial charge in [0.05, 0.1) is 0 Å². The first-order valence-electron chi connectivity index (χ1n) is 5.03. The molecule has 15 heavy (non-hydrogen) atoms. The number of nitrogens with one attached hydrogen (secondary N) is 1. The SMILES string of the molecule is O=C(O)CCCc1ccc2cc[nH]c2c1. The molecule has 2 rings (SSSR count). The van der Waals surface area contributed by atoms with Gasteiger partial charge in [-0.15, -0.1) is 0 Å². The molecule has 78 valence electrons. The summed E-state index contributed by atoms with van der Waals surface area (Å²) in [5, 5.41) is 9.72. The highest BCUT2D eigenvalue weighted by molar-refractivity contribution is 5.79. The van der Waals surface area contributed by atoms with Crippen LogP contribution >= 0.6 is 0 Å². The lowest BCUT2D eigenvalue weighted by molar-refractivity contribution is -0.137. The zero-order valence-electron chi connectivity index (χ0n) is 8.36. The third-order valence-electron chi connectivity index (χ3n) is 2.48. The van der Waals surface area contributed by atoms with Gasteiger partial charge in [-0.1, -0.05) is 12.1 Å². The molecule has 1 heterocycles. The summed E-state index contributed by atoms with van der Waals surface area (Å²) in [6.45, 7) is 0. The maximum Gasteiger partial charge on any atom is 0.303 e. The van der Waals surface area contributed by atoms with E-state index in [4.69, 9.17) is 5.11 Å². The van der Waals surface area contributed by atoms with Crippen LogP contribution in [0.3, 0.4) is 0 Å². The Balaban J connectivity index is 2.04. The fourth-order valence-electron chi connectivity index (χ4n) is 1.69. The number of carboxylic acid groups (broad SMARTS) is 1. The second-order valence-electron chi connectivity index (χ2n) is 3.65. The third-order valence-corrected chi connectivity index (χ3v) is 2.48. The van der Waals surface area contributed by atoms with Crippen molar-refractivity contribution in [2.45, 2.75) is 19.3 Å². The summed E-state index contributed by atoms with van der Waals surface area (Å²) in [6, 6.07) is 8.22. The van der Waals surface area contributed by atoms with E-state index < -0.39 is 5.97 Å². The summed E-state index contributed by atoms with van der Waals surface area (Å²) in [6.07, 6.45) is 3.66. The summed E-state index contributed by atoms with van der Waals surface area (Å²) in [7, 11) is 0. The smallest absolute Gasteiger partial charge is 0.303 e. The summed E-state index contributed by atoms with van der Waals surface area (Å²) in [5.41, 5.74) is 2.30. The monoisotopic (exact) mass is 203 g/mol. The number of fused-ring (bicyclic) bond motifs is 1. The lowest BCUT2D eigenvalue weighted by Gasteiger charge is -1.99. The van der Waals surface area contributed by atoms with Crippen molar-refractivity contribution in [3.63, 3.8) is 0 Å². The summed E-state index contributed by atoms with van der Waals surface area (Å²) in [5.74, 6) is -0.726. The van der Waals surface area contributed by atoms with Crippen LogP contribution in [0.15, 0.2) is 30.5 Å². The highest BCUT2D eigenvalue weighted by Crippen LogP contribution is 2.15. The van der Waals surface area contributed by atoms with E-state index in [0.717, 1.165) is 11.9 Å². The Labute approximate surface area is 87.7 Å². The average Bonchev–Trinajstić information content (AvgIpc) is 2.64. The van der Waals surface area contributed by atoms with Gasteiger partial charge in [-0.2, -0.15) is 0 Å². The van der Waals surface area contributed by atoms with Crippen molar-refractivity contribution >= 4 is 16.9 Å². The zero-order chi connectivity index (χ0) is 10.7. The number of H-pyrrole nitrogens is 1. The van der Waals surface area contributed by atoms with Crippen LogP contribution in [-0.4, -0.2) is 16.1 Å². The van der Waals surface area contributed by atoms with Gasteiger partial charge in [0.25, 0.3) is 0 Å². The molecule has 0 atom stereocenters. The quantitative estimate of drug-likeness (QED) is 0.802. The number of aliphatic carboxylic acids is 1. The fraction of sp³-hybridized carbons (Fsp3) is 0.250. The number of aryl methyl sites for hydroxylation is 1. The van der Waals surface area contributed by atoms with E-state index in [-0.39, 0.29) is 6.42 Å². The van der Waals surface area contributed by atoms with Crippen LogP contribution in [0.2, 0.25) is 0 Å². The number of carbonyl (C=O) groups is 1. The number of aromatic nitrogens is 1. The van der Waals surface area contributed by atoms with Gasteiger partial charge in [-0.25, -0.2) is 0 Å². The molecule has 0 amide bonds. The topological polar surface area (TPSA) is 53.1 Å². The van der Waals surface area contributed by atoms with Gasteiger partial charge in [0.15, 0.2) is 0 Å². The predicted molar refractivity (Wildman–Crippen MR) is 58.9 cm³/mol. The summed E-state index contributed by atoms with van der Waals surface area (Å²) >= 11 is 0. The van der Waals surface area contributed by atoms with Crippen LogP contribution in [0, 0.1) is 0 Å². The van der Waals surface area contributed by atoms with E-state index in [9.17, 15) is 4.79 Å². The van der Waals surface area contributed by atoms with Gasteiger partial charge in [-0.3, -0.25) is 4.79 Å². The first-order valence-corrected chi connectivity index (χ1v) is 5.03. The van der Waals surface area contributed by atoms with Gasteiger partial charge in [0.1, 0.15) is 0 Å². The van der Waals surface area contributed by atoms with Crippen molar-refractivity contribution in [1.29, 1.82) is 0 Å². The van der Waals surface area contributed by atoms with Crippen LogP contribution in [0.25, 0.3) is 10.9 Å². The fourth-order valence-corrected chi connectivity index (χ4v) is 1.69. The molecule has 0 radical (unpaired) electrons. The van der Waals surface area contributed by atoms with Crippen molar-refractivity contribution in [3.05, 3.63) is 36.0 Å². The number of carboxylic acids is 1. The number of hydrogen-bond acceptors (Lipinski definition) is 1. The van der Waals surface area contributed by atoms with Crippen LogP contribution in [0.4, 0.5) is 0 Å². The molecule has 0 bridgehead atoms. The molecular formula is C12H13NO2. The molecule has 0 aliphatic heterocycles. The maximum atomic E-state index is 10.4. The molecule has 3 heteroatoms. The van der Waals surface area contributed by atoms with E-state index in [1.807, 2.05) is 12.3 Å². The first kappa shape index (κ1) is 9.77. The van der Waals surface area contributed by atoms with Gasteiger partial charge in [0, 0.05) is 18.1 Å². The zero-order valence-corrected chi connectivity index (χ0v) is 8.36. The Morgan fingerprint density at radius 3 is 3.00 bits per heavy atom. The first-order chi connectivity index (χ1) is 7.25. The molecule has 0 spiro atoms. The van der Waals surface area contributed by atoms with Gasteiger partial charge < -0.3 is 10.1 Å². The predicted octanol–water partition coefficient (Wildman–Crippen LogP) is 2.58. The second kappa shape index (κ2) is 4.17. The molecule has 0 unspecified atom stereocenters. The van der Waals surface area contributed by atoms with Crippen LogP contribution in [-0.2, 0) is 11.2 Å². The molecule has 0 saturated heterocycles. The van der Waals surface area contributed by atoms with Gasteiger partial charge in [-0.05, 0) is 35.9 Å². The minimum atomic E-state index is -0.726. The minimum Gasteiger partial charge on any atom is -0.481 e. The highest BCUT2D eigenvalue weighted by Gasteiger charge is 2.00. The Morgan fingerprint density at radius 1 is 1.33 bits per heavy atom. The molecule has 1 aromatic heterocycles. The van der Waals surface area contributed by atoms with Crippen molar-refractivity contribution < 1.29 is 9.90 Å². The molecule has 0 aliphatic carbocycles. The largest absolute Gasteiger partial charge is 0.481 e. The molecule has 2 N–H and O–H groups in total. The molecular weight excluding hydrogens is 190 g/mol. The van der Waals surface area contributed by atoms with Crippen molar-refractivity contribution in [1.82, 2.24) is 4.98 Å². The second-order valence-corrected chi connectivity index (χ2v) is 3.65. The normalized spacial score (nSPS) is 10.7. The average molecular weight is 203 g/mol. The molecule has 3 nitrogen and oxygen atoms in total. The molecule has 0 fully saturated rings. The maximum absolute atomic E-state index is 10.4.